The van der Waals surface area contributed by atoms with Gasteiger partial charge in [-0.15, -0.1) is 0 Å². The van der Waals surface area contributed by atoms with E-state index in [9.17, 15) is 4.79 Å². The molecule has 1 aliphatic heterocycles. The minimum absolute atomic E-state index is 0.0301. The highest BCUT2D eigenvalue weighted by Gasteiger charge is 2.48. The molecule has 2 heterocycles. The fourth-order valence-corrected chi connectivity index (χ4v) is 4.07. The molecule has 1 aromatic carbocycles. The summed E-state index contributed by atoms with van der Waals surface area (Å²) < 4.78 is 5.83. The van der Waals surface area contributed by atoms with Crippen molar-refractivity contribution >= 4 is 17.5 Å². The SMILES string of the molecule is O=C(N1CC(Oc2ccccn2)C1)C1(c2ccc(Cl)cc2)CCCC1. The fraction of sp³-hybridized carbons (Fsp3) is 0.400. The fourth-order valence-electron chi connectivity index (χ4n) is 3.94. The van der Waals surface area contributed by atoms with Gasteiger partial charge < -0.3 is 9.64 Å². The van der Waals surface area contributed by atoms with Crippen LogP contribution in [-0.4, -0.2) is 35.0 Å². The molecule has 0 N–H and O–H groups in total. The van der Waals surface area contributed by atoms with Gasteiger partial charge in [-0.05, 0) is 36.6 Å². The third-order valence-corrected chi connectivity index (χ3v) is 5.58. The Kier molecular flexibility index (Phi) is 4.38. The van der Waals surface area contributed by atoms with Gasteiger partial charge in [0, 0.05) is 17.3 Å². The number of carbonyl (C=O) groups is 1. The molecule has 1 saturated heterocycles. The maximum Gasteiger partial charge on any atom is 0.233 e. The first-order valence-corrected chi connectivity index (χ1v) is 9.18. The topological polar surface area (TPSA) is 42.4 Å². The monoisotopic (exact) mass is 356 g/mol. The lowest BCUT2D eigenvalue weighted by atomic mass is 9.77. The van der Waals surface area contributed by atoms with E-state index >= 15 is 0 Å². The molecular weight excluding hydrogens is 336 g/mol. The van der Waals surface area contributed by atoms with Crippen molar-refractivity contribution in [2.45, 2.75) is 37.2 Å². The van der Waals surface area contributed by atoms with E-state index in [4.69, 9.17) is 16.3 Å². The first-order chi connectivity index (χ1) is 12.2. The average Bonchev–Trinajstić information content (AvgIpc) is 3.10. The molecule has 2 aromatic rings. The lowest BCUT2D eigenvalue weighted by Gasteiger charge is -2.43. The van der Waals surface area contributed by atoms with Crippen LogP contribution >= 0.6 is 11.6 Å². The van der Waals surface area contributed by atoms with Crippen LogP contribution in [0.1, 0.15) is 31.2 Å². The second-order valence-electron chi connectivity index (χ2n) is 6.91. The van der Waals surface area contributed by atoms with Crippen LogP contribution < -0.4 is 4.74 Å². The van der Waals surface area contributed by atoms with Gasteiger partial charge in [0.05, 0.1) is 18.5 Å². The van der Waals surface area contributed by atoms with E-state index in [1.165, 1.54) is 0 Å². The van der Waals surface area contributed by atoms with E-state index in [1.54, 1.807) is 6.20 Å². The standard InChI is InChI=1S/C20H21ClN2O2/c21-16-8-6-15(7-9-16)20(10-2-3-11-20)19(24)23-13-17(14-23)25-18-5-1-4-12-22-18/h1,4-9,12,17H,2-3,10-11,13-14H2. The van der Waals surface area contributed by atoms with E-state index in [0.717, 1.165) is 31.2 Å². The number of amides is 1. The van der Waals surface area contributed by atoms with Crippen molar-refractivity contribution in [1.82, 2.24) is 9.88 Å². The second-order valence-corrected chi connectivity index (χ2v) is 7.35. The molecule has 0 atom stereocenters. The van der Waals surface area contributed by atoms with Crippen LogP contribution in [0.2, 0.25) is 5.02 Å². The van der Waals surface area contributed by atoms with E-state index in [1.807, 2.05) is 47.4 Å². The number of likely N-dealkylation sites (tertiary alicyclic amines) is 1. The molecule has 4 nitrogen and oxygen atoms in total. The quantitative estimate of drug-likeness (QED) is 0.836. The van der Waals surface area contributed by atoms with E-state index < -0.39 is 0 Å². The summed E-state index contributed by atoms with van der Waals surface area (Å²) in [6.45, 7) is 1.26. The van der Waals surface area contributed by atoms with E-state index in [2.05, 4.69) is 4.98 Å². The summed E-state index contributed by atoms with van der Waals surface area (Å²) in [5.74, 6) is 0.848. The van der Waals surface area contributed by atoms with Crippen molar-refractivity contribution in [2.24, 2.45) is 0 Å². The van der Waals surface area contributed by atoms with Crippen LogP contribution in [0, 0.1) is 0 Å². The highest BCUT2D eigenvalue weighted by Crippen LogP contribution is 2.43. The molecule has 2 fully saturated rings. The Labute approximate surface area is 152 Å². The summed E-state index contributed by atoms with van der Waals surface area (Å²) >= 11 is 6.02. The summed E-state index contributed by atoms with van der Waals surface area (Å²) in [5.41, 5.74) is 0.703. The van der Waals surface area contributed by atoms with Crippen LogP contribution in [0.15, 0.2) is 48.7 Å². The van der Waals surface area contributed by atoms with Crippen LogP contribution in [0.3, 0.4) is 0 Å². The number of pyridine rings is 1. The zero-order chi connectivity index (χ0) is 17.3. The number of hydrogen-bond acceptors (Lipinski definition) is 3. The van der Waals surface area contributed by atoms with E-state index in [-0.39, 0.29) is 17.4 Å². The summed E-state index contributed by atoms with van der Waals surface area (Å²) in [4.78, 5) is 19.4. The smallest absolute Gasteiger partial charge is 0.233 e. The van der Waals surface area contributed by atoms with Crippen molar-refractivity contribution in [2.75, 3.05) is 13.1 Å². The molecule has 0 unspecified atom stereocenters. The lowest BCUT2D eigenvalue weighted by molar-refractivity contribution is -0.146. The molecule has 25 heavy (non-hydrogen) atoms. The Hall–Kier alpha value is -2.07. The molecule has 1 aliphatic carbocycles. The zero-order valence-electron chi connectivity index (χ0n) is 14.0. The maximum atomic E-state index is 13.3. The molecule has 1 amide bonds. The second kappa shape index (κ2) is 6.68. The van der Waals surface area contributed by atoms with Crippen LogP contribution in [0.25, 0.3) is 0 Å². The molecule has 130 valence electrons. The Balaban J connectivity index is 1.45. The predicted octanol–water partition coefficient (Wildman–Crippen LogP) is 3.84. The maximum absolute atomic E-state index is 13.3. The van der Waals surface area contributed by atoms with Gasteiger partial charge in [0.1, 0.15) is 6.10 Å². The Morgan fingerprint density at radius 2 is 1.84 bits per heavy atom. The van der Waals surface area contributed by atoms with Gasteiger partial charge in [-0.1, -0.05) is 42.6 Å². The van der Waals surface area contributed by atoms with Gasteiger partial charge in [-0.25, -0.2) is 4.98 Å². The third-order valence-electron chi connectivity index (χ3n) is 5.32. The molecule has 0 spiro atoms. The molecule has 5 heteroatoms. The van der Waals surface area contributed by atoms with Gasteiger partial charge in [-0.3, -0.25) is 4.79 Å². The van der Waals surface area contributed by atoms with Crippen molar-refractivity contribution in [3.8, 4) is 5.88 Å². The van der Waals surface area contributed by atoms with Crippen molar-refractivity contribution in [3.63, 3.8) is 0 Å². The predicted molar refractivity (Wildman–Crippen MR) is 96.8 cm³/mol. The average molecular weight is 357 g/mol. The number of rotatable bonds is 4. The molecule has 1 aromatic heterocycles. The Morgan fingerprint density at radius 3 is 2.48 bits per heavy atom. The summed E-state index contributed by atoms with van der Waals surface area (Å²) in [6.07, 6.45) is 5.75. The van der Waals surface area contributed by atoms with Crippen molar-refractivity contribution < 1.29 is 9.53 Å². The molecule has 0 radical (unpaired) electrons. The Morgan fingerprint density at radius 1 is 1.12 bits per heavy atom. The van der Waals surface area contributed by atoms with Crippen molar-refractivity contribution in [3.05, 3.63) is 59.2 Å². The first kappa shape index (κ1) is 16.4. The zero-order valence-corrected chi connectivity index (χ0v) is 14.8. The van der Waals surface area contributed by atoms with Crippen LogP contribution in [-0.2, 0) is 10.2 Å². The number of halogens is 1. The number of carbonyl (C=O) groups excluding carboxylic acids is 1. The lowest BCUT2D eigenvalue weighted by Crippen LogP contribution is -2.60. The molecule has 4 rings (SSSR count). The van der Waals surface area contributed by atoms with Gasteiger partial charge in [-0.2, -0.15) is 0 Å². The normalized spacial score (nSPS) is 19.5. The number of benzene rings is 1. The van der Waals surface area contributed by atoms with Crippen LogP contribution in [0.4, 0.5) is 0 Å². The highest BCUT2D eigenvalue weighted by atomic mass is 35.5. The van der Waals surface area contributed by atoms with E-state index in [0.29, 0.717) is 24.0 Å². The third kappa shape index (κ3) is 3.11. The van der Waals surface area contributed by atoms with Gasteiger partial charge in [0.2, 0.25) is 11.8 Å². The molecule has 2 aliphatic rings. The summed E-state index contributed by atoms with van der Waals surface area (Å²) in [5, 5.41) is 0.706. The highest BCUT2D eigenvalue weighted by molar-refractivity contribution is 6.30. The number of hydrogen-bond donors (Lipinski definition) is 0. The number of nitrogens with zero attached hydrogens (tertiary/aromatic N) is 2. The number of ether oxygens (including phenoxy) is 1. The molecule has 1 saturated carbocycles. The van der Waals surface area contributed by atoms with Gasteiger partial charge in [0.25, 0.3) is 0 Å². The first-order valence-electron chi connectivity index (χ1n) is 8.80. The minimum atomic E-state index is -0.388. The van der Waals surface area contributed by atoms with Gasteiger partial charge in [0.15, 0.2) is 0 Å². The molecular formula is C20H21ClN2O2. The van der Waals surface area contributed by atoms with Gasteiger partial charge >= 0.3 is 0 Å². The summed E-state index contributed by atoms with van der Waals surface area (Å²) in [7, 11) is 0. The summed E-state index contributed by atoms with van der Waals surface area (Å²) in [6, 6.07) is 13.4. The minimum Gasteiger partial charge on any atom is -0.471 e. The molecule has 0 bridgehead atoms. The number of aromatic nitrogens is 1. The Bertz CT molecular complexity index is 736. The van der Waals surface area contributed by atoms with Crippen LogP contribution in [0.5, 0.6) is 5.88 Å². The largest absolute Gasteiger partial charge is 0.471 e. The van der Waals surface area contributed by atoms with Crippen molar-refractivity contribution in [1.29, 1.82) is 0 Å².